The Morgan fingerprint density at radius 3 is 1.80 bits per heavy atom. The van der Waals surface area contributed by atoms with E-state index in [-0.39, 0.29) is 52.7 Å². The van der Waals surface area contributed by atoms with Gasteiger partial charge in [-0.3, -0.25) is 4.79 Å². The van der Waals surface area contributed by atoms with Crippen LogP contribution in [0.2, 0.25) is 0 Å². The number of esters is 2. The van der Waals surface area contributed by atoms with E-state index in [1.165, 1.54) is 37.4 Å². The number of allylic oxidation sites excluding steroid dienone is 2. The van der Waals surface area contributed by atoms with Crippen molar-refractivity contribution >= 4 is 34.9 Å². The number of amides is 1. The number of carbonyl (C=O) groups excluding carboxylic acids is 3. The quantitative estimate of drug-likeness (QED) is 0.181. The smallest absolute Gasteiger partial charge is 0.857 e. The summed E-state index contributed by atoms with van der Waals surface area (Å²) < 4.78 is 36.6. The molecule has 1 amide bonds. The van der Waals surface area contributed by atoms with Crippen LogP contribution >= 0.6 is 0 Å². The van der Waals surface area contributed by atoms with Gasteiger partial charge in [0.1, 0.15) is 17.3 Å². The van der Waals surface area contributed by atoms with E-state index in [9.17, 15) is 23.2 Å². The molecular weight excluding hydrogens is 645 g/mol. The summed E-state index contributed by atoms with van der Waals surface area (Å²) in [4.78, 5) is 40.5. The average molecular weight is 681 g/mol. The number of cyclic esters (lactones) is 1. The van der Waals surface area contributed by atoms with Crippen LogP contribution < -0.4 is 40.0 Å². The number of benzene rings is 4. The Hall–Kier alpha value is -4.78. The van der Waals surface area contributed by atoms with Crippen molar-refractivity contribution in [3.8, 4) is 0 Å². The van der Waals surface area contributed by atoms with Crippen molar-refractivity contribution < 1.29 is 72.4 Å². The topological polar surface area (TPSA) is 137 Å². The number of hydrogen-bond acceptors (Lipinski definition) is 8. The standard InChI is InChI=1S/C18H16FNO3.C17H12FNO2.CH4O.CH3O.Na/c1-12(14-9-6-10-15(19)11-14)16(18(22)23-2)20-17(21)13-7-4-3-5-8-13;1-11(13-8-5-9-14(18)10-13)15-17(20)21-16(19-15)12-6-3-2-4-7-12;2*1-2;/h3-11H,1-2H3,(H,20,21);2-10H,1H3;2H,1H3;1H3;/q;;;-1;+1/b16-12-;15-11-;;;. The van der Waals surface area contributed by atoms with Crippen LogP contribution in [0.1, 0.15) is 40.9 Å². The first-order valence-electron chi connectivity index (χ1n) is 14.3. The van der Waals surface area contributed by atoms with Gasteiger partial charge in [0.15, 0.2) is 5.70 Å². The molecular formula is C37H35F2N2NaO7. The molecule has 0 bridgehead atoms. The van der Waals surface area contributed by atoms with Gasteiger partial charge < -0.3 is 25.0 Å². The van der Waals surface area contributed by atoms with Gasteiger partial charge in [-0.2, -0.15) is 7.11 Å². The largest absolute Gasteiger partial charge is 1.00 e. The zero-order valence-corrected chi connectivity index (χ0v) is 30.0. The number of nitrogens with one attached hydrogen (secondary N) is 1. The van der Waals surface area contributed by atoms with Crippen LogP contribution in [0.5, 0.6) is 0 Å². The van der Waals surface area contributed by atoms with Gasteiger partial charge in [-0.1, -0.05) is 60.7 Å². The second-order valence-corrected chi connectivity index (χ2v) is 9.48. The molecule has 1 aliphatic heterocycles. The first-order chi connectivity index (χ1) is 23.2. The van der Waals surface area contributed by atoms with Crippen molar-refractivity contribution in [3.63, 3.8) is 0 Å². The first-order valence-corrected chi connectivity index (χ1v) is 14.3. The molecule has 0 aliphatic carbocycles. The average Bonchev–Trinajstić information content (AvgIpc) is 3.53. The van der Waals surface area contributed by atoms with E-state index in [0.717, 1.165) is 19.8 Å². The van der Waals surface area contributed by atoms with Gasteiger partial charge in [0.05, 0.1) is 7.11 Å². The number of rotatable bonds is 6. The minimum absolute atomic E-state index is 0. The Kier molecular flexibility index (Phi) is 18.9. The van der Waals surface area contributed by atoms with Crippen molar-refractivity contribution in [3.05, 3.63) is 154 Å². The van der Waals surface area contributed by atoms with Crippen molar-refractivity contribution in [1.29, 1.82) is 0 Å². The van der Waals surface area contributed by atoms with Crippen LogP contribution in [0.25, 0.3) is 11.1 Å². The molecule has 0 spiro atoms. The van der Waals surface area contributed by atoms with Crippen LogP contribution in [-0.2, 0) is 19.1 Å². The second-order valence-electron chi connectivity index (χ2n) is 9.48. The fraction of sp³-hybridized carbons (Fsp3) is 0.135. The number of aliphatic imine (C=N–C) groups is 1. The molecule has 1 heterocycles. The SMILES string of the molecule is C/C(=C1/N=C(c2ccccc2)OC1=O)c1cccc(F)c1.CO.COC(=O)/C(NC(=O)c1ccccc1)=C(\C)c1cccc(F)c1.C[O-].[Na+]. The maximum atomic E-state index is 13.4. The number of halogens is 2. The molecule has 9 nitrogen and oxygen atoms in total. The summed E-state index contributed by atoms with van der Waals surface area (Å²) in [6.45, 7) is 3.34. The van der Waals surface area contributed by atoms with Gasteiger partial charge in [-0.25, -0.2) is 23.4 Å². The summed E-state index contributed by atoms with van der Waals surface area (Å²) in [6, 6.07) is 29.5. The molecule has 0 atom stereocenters. The molecule has 4 aromatic carbocycles. The number of carbonyl (C=O) groups is 3. The Morgan fingerprint density at radius 2 is 1.27 bits per heavy atom. The van der Waals surface area contributed by atoms with E-state index in [1.807, 2.05) is 30.3 Å². The van der Waals surface area contributed by atoms with E-state index < -0.39 is 23.7 Å². The predicted molar refractivity (Wildman–Crippen MR) is 177 cm³/mol. The number of methoxy groups -OCH3 is 1. The number of nitrogens with zero attached hydrogens (tertiary/aromatic N) is 1. The monoisotopic (exact) mass is 680 g/mol. The Morgan fingerprint density at radius 1 is 0.776 bits per heavy atom. The van der Waals surface area contributed by atoms with E-state index in [0.29, 0.717) is 27.8 Å². The first kappa shape index (κ1) is 42.2. The third-order valence-electron chi connectivity index (χ3n) is 6.53. The van der Waals surface area contributed by atoms with Crippen LogP contribution in [0, 0.1) is 11.6 Å². The number of aliphatic hydroxyl groups is 1. The van der Waals surface area contributed by atoms with Crippen LogP contribution in [0.4, 0.5) is 8.78 Å². The summed E-state index contributed by atoms with van der Waals surface area (Å²) in [5.74, 6) is -2.17. The molecule has 12 heteroatoms. The summed E-state index contributed by atoms with van der Waals surface area (Å²) in [5, 5.41) is 17.8. The molecule has 2 N–H and O–H groups in total. The maximum absolute atomic E-state index is 13.4. The predicted octanol–water partition coefficient (Wildman–Crippen LogP) is 2.31. The number of hydrogen-bond donors (Lipinski definition) is 2. The fourth-order valence-electron chi connectivity index (χ4n) is 4.15. The molecule has 1 aliphatic rings. The van der Waals surface area contributed by atoms with Crippen LogP contribution in [-0.4, -0.2) is 50.2 Å². The van der Waals surface area contributed by atoms with Gasteiger partial charge in [0.25, 0.3) is 5.91 Å². The molecule has 4 aromatic rings. The minimum atomic E-state index is -0.698. The van der Waals surface area contributed by atoms with E-state index in [4.69, 9.17) is 19.7 Å². The van der Waals surface area contributed by atoms with Crippen molar-refractivity contribution in [1.82, 2.24) is 5.32 Å². The fourth-order valence-corrected chi connectivity index (χ4v) is 4.15. The second kappa shape index (κ2) is 22.0. The molecule has 0 aromatic heterocycles. The van der Waals surface area contributed by atoms with Gasteiger partial charge in [-0.05, 0) is 84.7 Å². The zero-order chi connectivity index (χ0) is 35.6. The van der Waals surface area contributed by atoms with E-state index in [1.54, 1.807) is 62.4 Å². The summed E-state index contributed by atoms with van der Waals surface area (Å²) in [5.41, 5.74) is 3.42. The Bertz CT molecular complexity index is 1790. The van der Waals surface area contributed by atoms with Gasteiger partial charge in [0, 0.05) is 18.2 Å². The van der Waals surface area contributed by atoms with Crippen LogP contribution in [0.15, 0.2) is 126 Å². The number of aliphatic hydroxyl groups excluding tert-OH is 1. The van der Waals surface area contributed by atoms with Gasteiger partial charge in [0.2, 0.25) is 5.90 Å². The van der Waals surface area contributed by atoms with Gasteiger partial charge in [-0.15, -0.1) is 0 Å². The Labute approximate surface area is 305 Å². The van der Waals surface area contributed by atoms with E-state index in [2.05, 4.69) is 10.3 Å². The molecule has 0 unspecified atom stereocenters. The van der Waals surface area contributed by atoms with E-state index >= 15 is 0 Å². The third-order valence-corrected chi connectivity index (χ3v) is 6.53. The molecule has 5 rings (SSSR count). The third kappa shape index (κ3) is 12.3. The summed E-state index contributed by atoms with van der Waals surface area (Å²) >= 11 is 0. The molecule has 49 heavy (non-hydrogen) atoms. The molecule has 250 valence electrons. The normalized spacial score (nSPS) is 12.7. The zero-order valence-electron chi connectivity index (χ0n) is 28.0. The minimum Gasteiger partial charge on any atom is -0.857 e. The molecule has 0 radical (unpaired) electrons. The van der Waals surface area contributed by atoms with Crippen molar-refractivity contribution in [2.24, 2.45) is 4.99 Å². The van der Waals surface area contributed by atoms with Gasteiger partial charge >= 0.3 is 41.5 Å². The Balaban J connectivity index is 0.000000438. The summed E-state index contributed by atoms with van der Waals surface area (Å²) in [7, 11) is 2.97. The number of ether oxygens (including phenoxy) is 2. The maximum Gasteiger partial charge on any atom is 1.00 e. The van der Waals surface area contributed by atoms with Crippen molar-refractivity contribution in [2.75, 3.05) is 21.3 Å². The summed E-state index contributed by atoms with van der Waals surface area (Å²) in [6.07, 6.45) is 0. The van der Waals surface area contributed by atoms with Crippen molar-refractivity contribution in [2.45, 2.75) is 13.8 Å². The molecule has 0 saturated carbocycles. The van der Waals surface area contributed by atoms with Crippen LogP contribution in [0.3, 0.4) is 0 Å². The molecule has 0 fully saturated rings. The molecule has 0 saturated heterocycles.